The highest BCUT2D eigenvalue weighted by Crippen LogP contribution is 2.32. The number of H-pyrrole nitrogens is 1. The zero-order valence-corrected chi connectivity index (χ0v) is 15.2. The zero-order chi connectivity index (χ0) is 18.0. The van der Waals surface area contributed by atoms with Crippen LogP contribution in [0.4, 0.5) is 11.6 Å². The normalized spacial score (nSPS) is 11.0. The fourth-order valence-electron chi connectivity index (χ4n) is 2.60. The van der Waals surface area contributed by atoms with Crippen molar-refractivity contribution in [2.45, 2.75) is 26.7 Å². The third-order valence-electron chi connectivity index (χ3n) is 3.79. The largest absolute Gasteiger partial charge is 0.494 e. The number of hydrogen-bond acceptors (Lipinski definition) is 5. The van der Waals surface area contributed by atoms with Crippen molar-refractivity contribution in [3.8, 4) is 5.75 Å². The number of halogens is 1. The number of benzene rings is 1. The molecule has 7 nitrogen and oxygen atoms in total. The van der Waals surface area contributed by atoms with E-state index in [2.05, 4.69) is 22.0 Å². The summed E-state index contributed by atoms with van der Waals surface area (Å²) in [5.74, 6) is 1.50. The van der Waals surface area contributed by atoms with Crippen LogP contribution in [0.15, 0.2) is 29.1 Å². The van der Waals surface area contributed by atoms with Crippen molar-refractivity contribution in [3.05, 3.63) is 45.3 Å². The van der Waals surface area contributed by atoms with Crippen LogP contribution in [0.2, 0.25) is 5.02 Å². The minimum atomic E-state index is -0.206. The molecule has 8 heteroatoms. The summed E-state index contributed by atoms with van der Waals surface area (Å²) in [6, 6.07) is 6.97. The predicted molar refractivity (Wildman–Crippen MR) is 98.3 cm³/mol. The Balaban J connectivity index is 1.98. The quantitative estimate of drug-likeness (QED) is 0.729. The molecule has 2 heterocycles. The first-order valence-corrected chi connectivity index (χ1v) is 8.56. The maximum Gasteiger partial charge on any atom is 0.275 e. The average Bonchev–Trinajstić information content (AvgIpc) is 3.00. The Morgan fingerprint density at radius 3 is 2.80 bits per heavy atom. The number of nitrogens with zero attached hydrogens (tertiary/aromatic N) is 4. The molecule has 0 aliphatic heterocycles. The molecule has 0 unspecified atom stereocenters. The van der Waals surface area contributed by atoms with E-state index in [4.69, 9.17) is 16.3 Å². The van der Waals surface area contributed by atoms with E-state index in [9.17, 15) is 4.79 Å². The Kier molecular flexibility index (Phi) is 4.94. The Morgan fingerprint density at radius 2 is 2.12 bits per heavy atom. The summed E-state index contributed by atoms with van der Waals surface area (Å²) in [5.41, 5.74) is 1.37. The summed E-state index contributed by atoms with van der Waals surface area (Å²) in [6.45, 7) is 4.54. The molecule has 0 amide bonds. The number of nitrogens with one attached hydrogen (secondary N) is 1. The molecule has 0 saturated carbocycles. The molecule has 0 aliphatic rings. The highest BCUT2D eigenvalue weighted by molar-refractivity contribution is 6.33. The van der Waals surface area contributed by atoms with Crippen molar-refractivity contribution in [1.29, 1.82) is 0 Å². The lowest BCUT2D eigenvalue weighted by Gasteiger charge is -2.17. The molecule has 0 atom stereocenters. The predicted octanol–water partition coefficient (Wildman–Crippen LogP) is 3.19. The van der Waals surface area contributed by atoms with Gasteiger partial charge < -0.3 is 14.6 Å². The van der Waals surface area contributed by atoms with Crippen molar-refractivity contribution in [2.75, 3.05) is 18.6 Å². The van der Waals surface area contributed by atoms with E-state index < -0.39 is 0 Å². The van der Waals surface area contributed by atoms with Gasteiger partial charge in [0.15, 0.2) is 0 Å². The van der Waals surface area contributed by atoms with Gasteiger partial charge in [-0.25, -0.2) is 0 Å². The summed E-state index contributed by atoms with van der Waals surface area (Å²) in [7, 11) is 1.80. The van der Waals surface area contributed by atoms with Crippen molar-refractivity contribution < 1.29 is 4.74 Å². The van der Waals surface area contributed by atoms with E-state index in [1.165, 1.54) is 4.52 Å². The molecule has 2 aromatic heterocycles. The van der Waals surface area contributed by atoms with Gasteiger partial charge in [0.1, 0.15) is 5.75 Å². The van der Waals surface area contributed by atoms with Crippen molar-refractivity contribution in [3.63, 3.8) is 0 Å². The smallest absolute Gasteiger partial charge is 0.275 e. The lowest BCUT2D eigenvalue weighted by molar-refractivity contribution is 0.340. The van der Waals surface area contributed by atoms with Gasteiger partial charge in [-0.2, -0.15) is 9.50 Å². The number of aromatic amines is 1. The van der Waals surface area contributed by atoms with E-state index in [-0.39, 0.29) is 5.56 Å². The van der Waals surface area contributed by atoms with Crippen LogP contribution < -0.4 is 15.2 Å². The molecule has 0 spiro atoms. The van der Waals surface area contributed by atoms with Crippen LogP contribution in [0.25, 0.3) is 5.78 Å². The van der Waals surface area contributed by atoms with Crippen molar-refractivity contribution >= 4 is 29.0 Å². The summed E-state index contributed by atoms with van der Waals surface area (Å²) in [4.78, 5) is 21.5. The van der Waals surface area contributed by atoms with Crippen LogP contribution in [-0.2, 0) is 6.42 Å². The molecule has 0 fully saturated rings. The fraction of sp³-hybridized carbons (Fsp3) is 0.353. The minimum Gasteiger partial charge on any atom is -0.494 e. The Labute approximate surface area is 150 Å². The molecule has 25 heavy (non-hydrogen) atoms. The van der Waals surface area contributed by atoms with E-state index in [0.717, 1.165) is 24.2 Å². The number of anilines is 2. The average molecular weight is 362 g/mol. The second kappa shape index (κ2) is 7.14. The van der Waals surface area contributed by atoms with Crippen LogP contribution in [0.3, 0.4) is 0 Å². The van der Waals surface area contributed by atoms with Gasteiger partial charge >= 0.3 is 0 Å². The first-order chi connectivity index (χ1) is 12.0. The first kappa shape index (κ1) is 17.3. The summed E-state index contributed by atoms with van der Waals surface area (Å²) in [5, 5.41) is 4.81. The topological polar surface area (TPSA) is 75.5 Å². The van der Waals surface area contributed by atoms with Gasteiger partial charge in [0, 0.05) is 24.9 Å². The molecular weight excluding hydrogens is 342 g/mol. The monoisotopic (exact) mass is 361 g/mol. The fourth-order valence-corrected chi connectivity index (χ4v) is 2.89. The summed E-state index contributed by atoms with van der Waals surface area (Å²) < 4.78 is 6.70. The highest BCUT2D eigenvalue weighted by Gasteiger charge is 2.16. The van der Waals surface area contributed by atoms with Gasteiger partial charge in [-0.3, -0.25) is 4.79 Å². The molecular formula is C17H20ClN5O2. The van der Waals surface area contributed by atoms with E-state index >= 15 is 0 Å². The standard InChI is InChI=1S/C17H20ClN5O2/c1-4-6-11-9-15(24)23-16(19-11)20-17(21-23)22(3)14-8-7-12(25-5-2)10-13(14)18/h7-10H,4-6H2,1-3H3,(H,19,20,21). The molecule has 1 aromatic carbocycles. The Hall–Kier alpha value is -2.54. The highest BCUT2D eigenvalue weighted by atomic mass is 35.5. The number of hydrogen-bond donors (Lipinski definition) is 1. The molecule has 0 radical (unpaired) electrons. The zero-order valence-electron chi connectivity index (χ0n) is 14.4. The van der Waals surface area contributed by atoms with Gasteiger partial charge in [0.05, 0.1) is 17.3 Å². The minimum absolute atomic E-state index is 0.206. The number of rotatable bonds is 6. The molecule has 0 saturated heterocycles. The van der Waals surface area contributed by atoms with Gasteiger partial charge in [-0.15, -0.1) is 5.10 Å². The van der Waals surface area contributed by atoms with Crippen molar-refractivity contribution in [1.82, 2.24) is 19.6 Å². The Morgan fingerprint density at radius 1 is 1.32 bits per heavy atom. The summed E-state index contributed by atoms with van der Waals surface area (Å²) in [6.07, 6.45) is 1.73. The molecule has 1 N–H and O–H groups in total. The summed E-state index contributed by atoms with van der Waals surface area (Å²) >= 11 is 6.35. The maximum atomic E-state index is 12.2. The van der Waals surface area contributed by atoms with E-state index in [1.807, 2.05) is 19.1 Å². The van der Waals surface area contributed by atoms with Crippen LogP contribution in [0.5, 0.6) is 5.75 Å². The lowest BCUT2D eigenvalue weighted by atomic mass is 10.2. The van der Waals surface area contributed by atoms with E-state index in [0.29, 0.717) is 29.1 Å². The lowest BCUT2D eigenvalue weighted by Crippen LogP contribution is -2.16. The second-order valence-electron chi connectivity index (χ2n) is 5.64. The van der Waals surface area contributed by atoms with Crippen molar-refractivity contribution in [2.24, 2.45) is 0 Å². The van der Waals surface area contributed by atoms with Crippen LogP contribution in [-0.4, -0.2) is 33.2 Å². The Bertz CT molecular complexity index is 950. The molecule has 132 valence electrons. The number of fused-ring (bicyclic) bond motifs is 1. The number of aryl methyl sites for hydroxylation is 1. The first-order valence-electron chi connectivity index (χ1n) is 8.18. The third-order valence-corrected chi connectivity index (χ3v) is 4.09. The number of aromatic nitrogens is 4. The van der Waals surface area contributed by atoms with Crippen LogP contribution in [0.1, 0.15) is 26.0 Å². The molecule has 3 rings (SSSR count). The van der Waals surface area contributed by atoms with Gasteiger partial charge in [-0.05, 0) is 25.5 Å². The molecule has 0 aliphatic carbocycles. The van der Waals surface area contributed by atoms with Gasteiger partial charge in [-0.1, -0.05) is 24.9 Å². The van der Waals surface area contributed by atoms with Gasteiger partial charge in [0.25, 0.3) is 11.5 Å². The maximum absolute atomic E-state index is 12.2. The third kappa shape index (κ3) is 3.46. The molecule has 3 aromatic rings. The molecule has 0 bridgehead atoms. The van der Waals surface area contributed by atoms with E-state index in [1.54, 1.807) is 24.1 Å². The SMILES string of the molecule is CCCc1cc(=O)n2nc(N(C)c3ccc(OCC)cc3Cl)nc2[nH]1. The number of ether oxygens (including phenoxy) is 1. The van der Waals surface area contributed by atoms with Crippen LogP contribution in [0, 0.1) is 0 Å². The van der Waals surface area contributed by atoms with Gasteiger partial charge in [0.2, 0.25) is 5.78 Å². The second-order valence-corrected chi connectivity index (χ2v) is 6.04. The van der Waals surface area contributed by atoms with Crippen LogP contribution >= 0.6 is 11.6 Å².